The van der Waals surface area contributed by atoms with Crippen LogP contribution in [-0.4, -0.2) is 63.2 Å². The van der Waals surface area contributed by atoms with E-state index in [9.17, 15) is 9.90 Å². The topological polar surface area (TPSA) is 82.7 Å². The van der Waals surface area contributed by atoms with Gasteiger partial charge in [-0.15, -0.1) is 10.2 Å². The van der Waals surface area contributed by atoms with E-state index in [1.165, 1.54) is 0 Å². The number of hydrogen-bond acceptors (Lipinski definition) is 6. The summed E-state index contributed by atoms with van der Waals surface area (Å²) < 4.78 is 36.8. The van der Waals surface area contributed by atoms with Gasteiger partial charge in [-0.2, -0.15) is 8.78 Å². The normalized spacial score (nSPS) is 25.7. The average Bonchev–Trinajstić information content (AvgIpc) is 3.18. The van der Waals surface area contributed by atoms with Crippen molar-refractivity contribution in [1.82, 2.24) is 20.0 Å². The number of carbonyl (C=O) groups is 1. The third-order valence-corrected chi connectivity index (χ3v) is 6.08. The molecule has 1 aromatic rings. The van der Waals surface area contributed by atoms with Gasteiger partial charge in [0.25, 0.3) is 5.91 Å². The van der Waals surface area contributed by atoms with Crippen LogP contribution in [0.3, 0.4) is 0 Å². The molecule has 170 valence electrons. The summed E-state index contributed by atoms with van der Waals surface area (Å²) in [6, 6.07) is -0.694. The molecule has 1 N–H and O–H groups in total. The summed E-state index contributed by atoms with van der Waals surface area (Å²) in [6.07, 6.45) is 1.48. The Morgan fingerprint density at radius 1 is 1.20 bits per heavy atom. The molecule has 1 saturated heterocycles. The summed E-state index contributed by atoms with van der Waals surface area (Å²) in [7, 11) is 3.70. The fraction of sp³-hybridized carbons (Fsp3) is 0.857. The van der Waals surface area contributed by atoms with Gasteiger partial charge in [0, 0.05) is 6.54 Å². The van der Waals surface area contributed by atoms with Crippen LogP contribution >= 0.6 is 0 Å². The van der Waals surface area contributed by atoms with Crippen LogP contribution < -0.4 is 0 Å². The standard InChI is InChI=1S/C21H34F2N4O3/c1-18(2)11-19(3,4)13-20(29,12-18)21(22,23)17(28)27-9-7-8-14(27)16-25-24-15(30-16)10-26(5)6/h14,29H,7-13H2,1-6H3. The molecule has 0 radical (unpaired) electrons. The molecule has 1 unspecified atom stereocenters. The predicted molar refractivity (Wildman–Crippen MR) is 107 cm³/mol. The van der Waals surface area contributed by atoms with E-state index in [0.717, 1.165) is 4.90 Å². The van der Waals surface area contributed by atoms with E-state index in [1.54, 1.807) is 0 Å². The molecule has 0 spiro atoms. The second kappa shape index (κ2) is 7.51. The molecule has 0 bridgehead atoms. The van der Waals surface area contributed by atoms with Crippen LogP contribution in [0.5, 0.6) is 0 Å². The predicted octanol–water partition coefficient (Wildman–Crippen LogP) is 3.40. The lowest BCUT2D eigenvalue weighted by atomic mass is 9.58. The largest absolute Gasteiger partial charge is 0.422 e. The average molecular weight is 429 g/mol. The number of rotatable bonds is 5. The Hall–Kier alpha value is -1.61. The first-order chi connectivity index (χ1) is 13.7. The Morgan fingerprint density at radius 3 is 2.37 bits per heavy atom. The lowest BCUT2D eigenvalue weighted by Gasteiger charge is -2.51. The molecule has 1 atom stereocenters. The van der Waals surface area contributed by atoms with Crippen molar-refractivity contribution in [3.8, 4) is 0 Å². The molecule has 1 aromatic heterocycles. The molecule has 7 nitrogen and oxygen atoms in total. The number of likely N-dealkylation sites (tertiary alicyclic amines) is 1. The van der Waals surface area contributed by atoms with Gasteiger partial charge in [-0.25, -0.2) is 0 Å². The van der Waals surface area contributed by atoms with Crippen LogP contribution in [-0.2, 0) is 11.3 Å². The van der Waals surface area contributed by atoms with Gasteiger partial charge in [-0.3, -0.25) is 4.79 Å². The number of carbonyl (C=O) groups excluding carboxylic acids is 1. The zero-order valence-corrected chi connectivity index (χ0v) is 18.8. The van der Waals surface area contributed by atoms with Gasteiger partial charge in [-0.1, -0.05) is 27.7 Å². The molecule has 1 aliphatic heterocycles. The molecule has 2 heterocycles. The molecule has 0 aromatic carbocycles. The van der Waals surface area contributed by atoms with Gasteiger partial charge in [0.05, 0.1) is 6.54 Å². The van der Waals surface area contributed by atoms with Gasteiger partial charge in [0.2, 0.25) is 11.8 Å². The fourth-order valence-corrected chi connectivity index (χ4v) is 5.67. The molecule has 1 amide bonds. The zero-order chi connectivity index (χ0) is 22.5. The van der Waals surface area contributed by atoms with E-state index in [-0.39, 0.29) is 25.3 Å². The van der Waals surface area contributed by atoms with Crippen molar-refractivity contribution < 1.29 is 23.1 Å². The van der Waals surface area contributed by atoms with Crippen molar-refractivity contribution in [2.45, 2.75) is 83.9 Å². The molecule has 9 heteroatoms. The van der Waals surface area contributed by atoms with Crippen LogP contribution in [0, 0.1) is 10.8 Å². The number of aromatic nitrogens is 2. The first kappa shape index (κ1) is 23.1. The van der Waals surface area contributed by atoms with Crippen LogP contribution in [0.25, 0.3) is 0 Å². The van der Waals surface area contributed by atoms with Crippen molar-refractivity contribution in [3.63, 3.8) is 0 Å². The number of nitrogens with zero attached hydrogens (tertiary/aromatic N) is 4. The Bertz CT molecular complexity index is 775. The summed E-state index contributed by atoms with van der Waals surface area (Å²) in [6.45, 7) is 8.05. The smallest absolute Gasteiger partial charge is 0.352 e. The van der Waals surface area contributed by atoms with E-state index in [4.69, 9.17) is 4.42 Å². The first-order valence-electron chi connectivity index (χ1n) is 10.5. The molecule has 1 saturated carbocycles. The molecular formula is C21H34F2N4O3. The summed E-state index contributed by atoms with van der Waals surface area (Å²) in [5, 5.41) is 19.1. The molecule has 2 fully saturated rings. The number of amides is 1. The monoisotopic (exact) mass is 428 g/mol. The first-order valence-corrected chi connectivity index (χ1v) is 10.5. The van der Waals surface area contributed by atoms with Crippen molar-refractivity contribution in [2.75, 3.05) is 20.6 Å². The molecule has 2 aliphatic rings. The second-order valence-electron chi connectivity index (χ2n) is 10.9. The lowest BCUT2D eigenvalue weighted by Crippen LogP contribution is -2.62. The minimum atomic E-state index is -3.91. The minimum absolute atomic E-state index is 0.131. The van der Waals surface area contributed by atoms with Crippen LogP contribution in [0.1, 0.15) is 77.6 Å². The fourth-order valence-electron chi connectivity index (χ4n) is 5.67. The van der Waals surface area contributed by atoms with E-state index in [0.29, 0.717) is 31.7 Å². The van der Waals surface area contributed by atoms with Crippen molar-refractivity contribution >= 4 is 5.91 Å². The Morgan fingerprint density at radius 2 is 1.80 bits per heavy atom. The highest BCUT2D eigenvalue weighted by atomic mass is 19.3. The van der Waals surface area contributed by atoms with Crippen LogP contribution in [0.15, 0.2) is 4.42 Å². The summed E-state index contributed by atoms with van der Waals surface area (Å²) >= 11 is 0. The molecule has 1 aliphatic carbocycles. The highest BCUT2D eigenvalue weighted by molar-refractivity contribution is 5.85. The number of aliphatic hydroxyl groups is 1. The van der Waals surface area contributed by atoms with Gasteiger partial charge >= 0.3 is 5.92 Å². The SMILES string of the molecule is CN(C)Cc1nnc(C2CCCN2C(=O)C(F)(F)C2(O)CC(C)(C)CC(C)(C)C2)o1. The summed E-state index contributed by atoms with van der Waals surface area (Å²) in [5.74, 6) is -4.72. The van der Waals surface area contributed by atoms with Crippen molar-refractivity contribution in [1.29, 1.82) is 0 Å². The quantitative estimate of drug-likeness (QED) is 0.774. The summed E-state index contributed by atoms with van der Waals surface area (Å²) in [5.41, 5.74) is -3.40. The van der Waals surface area contributed by atoms with E-state index >= 15 is 8.78 Å². The van der Waals surface area contributed by atoms with Crippen LogP contribution in [0.2, 0.25) is 0 Å². The Balaban J connectivity index is 1.85. The lowest BCUT2D eigenvalue weighted by molar-refractivity contribution is -0.231. The zero-order valence-electron chi connectivity index (χ0n) is 18.8. The highest BCUT2D eigenvalue weighted by Gasteiger charge is 2.65. The molecular weight excluding hydrogens is 394 g/mol. The van der Waals surface area contributed by atoms with Crippen molar-refractivity contribution in [2.24, 2.45) is 10.8 Å². The van der Waals surface area contributed by atoms with Gasteiger partial charge in [0.1, 0.15) is 11.6 Å². The second-order valence-corrected chi connectivity index (χ2v) is 10.9. The number of alkyl halides is 2. The molecule has 3 rings (SSSR count). The van der Waals surface area contributed by atoms with Crippen LogP contribution in [0.4, 0.5) is 8.78 Å². The van der Waals surface area contributed by atoms with E-state index < -0.39 is 34.3 Å². The minimum Gasteiger partial charge on any atom is -0.422 e. The maximum absolute atomic E-state index is 15.6. The van der Waals surface area contributed by atoms with Gasteiger partial charge in [0.15, 0.2) is 0 Å². The number of halogens is 2. The third kappa shape index (κ3) is 4.37. The van der Waals surface area contributed by atoms with Gasteiger partial charge in [-0.05, 0) is 57.0 Å². The summed E-state index contributed by atoms with van der Waals surface area (Å²) in [4.78, 5) is 16.0. The van der Waals surface area contributed by atoms with E-state index in [2.05, 4.69) is 10.2 Å². The van der Waals surface area contributed by atoms with Gasteiger partial charge < -0.3 is 19.3 Å². The molecule has 30 heavy (non-hydrogen) atoms. The van der Waals surface area contributed by atoms with Crippen molar-refractivity contribution in [3.05, 3.63) is 11.8 Å². The Labute approximate surface area is 176 Å². The Kier molecular flexibility index (Phi) is 5.77. The number of hydrogen-bond donors (Lipinski definition) is 1. The van der Waals surface area contributed by atoms with E-state index in [1.807, 2.05) is 46.7 Å². The third-order valence-electron chi connectivity index (χ3n) is 6.08. The maximum atomic E-state index is 15.6. The highest BCUT2D eigenvalue weighted by Crippen LogP contribution is 2.55. The maximum Gasteiger partial charge on any atom is 0.352 e.